The van der Waals surface area contributed by atoms with Crippen LogP contribution in [0.25, 0.3) is 0 Å². The van der Waals surface area contributed by atoms with Crippen LogP contribution in [0.5, 0.6) is 5.75 Å². The summed E-state index contributed by atoms with van der Waals surface area (Å²) in [6.45, 7) is 4.20. The van der Waals surface area contributed by atoms with Crippen LogP contribution in [0, 0.1) is 0 Å². The fourth-order valence-corrected chi connectivity index (χ4v) is 3.79. The van der Waals surface area contributed by atoms with Gasteiger partial charge in [0.2, 0.25) is 10.0 Å². The van der Waals surface area contributed by atoms with Crippen LogP contribution >= 0.6 is 0 Å². The maximum atomic E-state index is 12.1. The minimum atomic E-state index is -3.18. The summed E-state index contributed by atoms with van der Waals surface area (Å²) in [5.41, 5.74) is 1.02. The van der Waals surface area contributed by atoms with E-state index in [1.807, 2.05) is 31.2 Å². The average Bonchev–Trinajstić information content (AvgIpc) is 2.53. The second-order valence-electron chi connectivity index (χ2n) is 4.91. The van der Waals surface area contributed by atoms with Crippen LogP contribution in [0.4, 0.5) is 5.69 Å². The Morgan fingerprint density at radius 3 is 2.48 bits per heavy atom. The van der Waals surface area contributed by atoms with E-state index in [1.54, 1.807) is 23.6 Å². The monoisotopic (exact) mass is 310 g/mol. The highest BCUT2D eigenvalue weighted by Gasteiger charge is 2.26. The highest BCUT2D eigenvalue weighted by atomic mass is 32.2. The number of hydrogen-bond donors (Lipinski definition) is 0. The Labute approximate surface area is 126 Å². The van der Waals surface area contributed by atoms with Gasteiger partial charge in [0.25, 0.3) is 0 Å². The van der Waals surface area contributed by atoms with Gasteiger partial charge in [-0.3, -0.25) is 0 Å². The Balaban J connectivity index is 2.03. The number of para-hydroxylation sites is 2. The van der Waals surface area contributed by atoms with Gasteiger partial charge in [-0.1, -0.05) is 24.3 Å². The van der Waals surface area contributed by atoms with Crippen molar-refractivity contribution in [2.75, 3.05) is 43.9 Å². The van der Waals surface area contributed by atoms with E-state index in [0.29, 0.717) is 26.2 Å². The van der Waals surface area contributed by atoms with Crippen LogP contribution in [0.2, 0.25) is 0 Å². The number of allylic oxidation sites excluding steroid dienone is 1. The average molecular weight is 310 g/mol. The molecule has 2 rings (SSSR count). The van der Waals surface area contributed by atoms with Crippen molar-refractivity contribution in [3.8, 4) is 5.75 Å². The largest absolute Gasteiger partial charge is 0.495 e. The lowest BCUT2D eigenvalue weighted by Crippen LogP contribution is -2.49. The molecule has 1 aliphatic heterocycles. The summed E-state index contributed by atoms with van der Waals surface area (Å²) in [6, 6.07) is 7.82. The number of nitrogens with zero attached hydrogens (tertiary/aromatic N) is 2. The zero-order valence-corrected chi connectivity index (χ0v) is 13.3. The van der Waals surface area contributed by atoms with Crippen molar-refractivity contribution in [1.82, 2.24) is 4.31 Å². The minimum Gasteiger partial charge on any atom is -0.495 e. The molecule has 1 aromatic carbocycles. The summed E-state index contributed by atoms with van der Waals surface area (Å²) in [6.07, 6.45) is 3.45. The predicted octanol–water partition coefficient (Wildman–Crippen LogP) is 1.72. The Hall–Kier alpha value is -1.53. The molecule has 116 valence electrons. The van der Waals surface area contributed by atoms with Crippen molar-refractivity contribution in [3.63, 3.8) is 0 Å². The van der Waals surface area contributed by atoms with E-state index in [0.717, 1.165) is 11.4 Å². The fraction of sp³-hybridized carbons (Fsp3) is 0.467. The molecule has 0 aliphatic carbocycles. The quantitative estimate of drug-likeness (QED) is 0.777. The third-order valence-corrected chi connectivity index (χ3v) is 5.37. The van der Waals surface area contributed by atoms with E-state index in [2.05, 4.69) is 4.90 Å². The summed E-state index contributed by atoms with van der Waals surface area (Å²) in [4.78, 5) is 2.17. The molecule has 1 aliphatic rings. The number of anilines is 1. The fourth-order valence-electron chi connectivity index (χ4n) is 2.42. The highest BCUT2D eigenvalue weighted by molar-refractivity contribution is 7.89. The molecule has 0 unspecified atom stereocenters. The van der Waals surface area contributed by atoms with Crippen LogP contribution in [-0.4, -0.2) is 51.8 Å². The van der Waals surface area contributed by atoms with E-state index in [1.165, 1.54) is 0 Å². The molecule has 0 spiro atoms. The van der Waals surface area contributed by atoms with Gasteiger partial charge in [-0.15, -0.1) is 0 Å². The molecular weight excluding hydrogens is 288 g/mol. The third-order valence-electron chi connectivity index (χ3n) is 3.60. The SMILES string of the molecule is CC=CCS(=O)(=O)N1CCN(c2ccccc2OC)CC1. The first-order valence-electron chi connectivity index (χ1n) is 7.05. The van der Waals surface area contributed by atoms with Gasteiger partial charge in [0.1, 0.15) is 5.75 Å². The van der Waals surface area contributed by atoms with E-state index in [-0.39, 0.29) is 5.75 Å². The highest BCUT2D eigenvalue weighted by Crippen LogP contribution is 2.28. The molecule has 0 saturated carbocycles. The summed E-state index contributed by atoms with van der Waals surface area (Å²) < 4.78 is 31.2. The van der Waals surface area contributed by atoms with Crippen molar-refractivity contribution in [3.05, 3.63) is 36.4 Å². The summed E-state index contributed by atoms with van der Waals surface area (Å²) in [7, 11) is -1.53. The van der Waals surface area contributed by atoms with Crippen LogP contribution in [0.15, 0.2) is 36.4 Å². The lowest BCUT2D eigenvalue weighted by molar-refractivity contribution is 0.379. The molecule has 5 nitrogen and oxygen atoms in total. The minimum absolute atomic E-state index is 0.0815. The normalized spacial score (nSPS) is 17.3. The second kappa shape index (κ2) is 6.95. The number of piperazine rings is 1. The van der Waals surface area contributed by atoms with Gasteiger partial charge in [-0.2, -0.15) is 4.31 Å². The molecule has 0 radical (unpaired) electrons. The molecule has 0 bridgehead atoms. The van der Waals surface area contributed by atoms with E-state index in [9.17, 15) is 8.42 Å². The first kappa shape index (κ1) is 15.9. The van der Waals surface area contributed by atoms with Crippen molar-refractivity contribution >= 4 is 15.7 Å². The predicted molar refractivity (Wildman–Crippen MR) is 85.4 cm³/mol. The summed E-state index contributed by atoms with van der Waals surface area (Å²) in [5, 5.41) is 0. The Bertz CT molecular complexity index is 591. The molecule has 21 heavy (non-hydrogen) atoms. The van der Waals surface area contributed by atoms with E-state index in [4.69, 9.17) is 4.74 Å². The smallest absolute Gasteiger partial charge is 0.217 e. The van der Waals surface area contributed by atoms with E-state index >= 15 is 0 Å². The molecule has 0 atom stereocenters. The van der Waals surface area contributed by atoms with Crippen LogP contribution in [0.1, 0.15) is 6.92 Å². The number of benzene rings is 1. The molecule has 6 heteroatoms. The maximum absolute atomic E-state index is 12.1. The number of rotatable bonds is 5. The molecule has 1 aromatic rings. The maximum Gasteiger partial charge on any atom is 0.217 e. The molecule has 1 saturated heterocycles. The van der Waals surface area contributed by atoms with Gasteiger partial charge in [0.15, 0.2) is 0 Å². The molecule has 0 amide bonds. The van der Waals surface area contributed by atoms with Crippen LogP contribution in [-0.2, 0) is 10.0 Å². The third kappa shape index (κ3) is 3.77. The Morgan fingerprint density at radius 2 is 1.86 bits per heavy atom. The topological polar surface area (TPSA) is 49.9 Å². The molecule has 0 N–H and O–H groups in total. The number of hydrogen-bond acceptors (Lipinski definition) is 4. The lowest BCUT2D eigenvalue weighted by atomic mass is 10.2. The molecule has 0 aromatic heterocycles. The van der Waals surface area contributed by atoms with Crippen LogP contribution in [0.3, 0.4) is 0 Å². The Morgan fingerprint density at radius 1 is 1.19 bits per heavy atom. The standard InChI is InChI=1S/C15H22N2O3S/c1-3-4-13-21(18,19)17-11-9-16(10-12-17)14-7-5-6-8-15(14)20-2/h3-8H,9-13H2,1-2H3. The Kier molecular flexibility index (Phi) is 5.25. The zero-order chi connectivity index (χ0) is 15.3. The van der Waals surface area contributed by atoms with Gasteiger partial charge in [0.05, 0.1) is 18.6 Å². The van der Waals surface area contributed by atoms with Gasteiger partial charge in [-0.25, -0.2) is 8.42 Å². The first-order valence-corrected chi connectivity index (χ1v) is 8.66. The zero-order valence-electron chi connectivity index (χ0n) is 12.5. The van der Waals surface area contributed by atoms with Crippen molar-refractivity contribution < 1.29 is 13.2 Å². The first-order chi connectivity index (χ1) is 10.1. The number of sulfonamides is 1. The van der Waals surface area contributed by atoms with Crippen molar-refractivity contribution in [2.24, 2.45) is 0 Å². The van der Waals surface area contributed by atoms with Gasteiger partial charge < -0.3 is 9.64 Å². The summed E-state index contributed by atoms with van der Waals surface area (Å²) >= 11 is 0. The molecular formula is C15H22N2O3S. The number of ether oxygens (including phenoxy) is 1. The number of methoxy groups -OCH3 is 1. The molecule has 1 fully saturated rings. The molecule has 1 heterocycles. The van der Waals surface area contributed by atoms with E-state index < -0.39 is 10.0 Å². The van der Waals surface area contributed by atoms with Gasteiger partial charge >= 0.3 is 0 Å². The van der Waals surface area contributed by atoms with Gasteiger partial charge in [-0.05, 0) is 19.1 Å². The van der Waals surface area contributed by atoms with Crippen molar-refractivity contribution in [2.45, 2.75) is 6.92 Å². The lowest BCUT2D eigenvalue weighted by Gasteiger charge is -2.35. The van der Waals surface area contributed by atoms with Crippen LogP contribution < -0.4 is 9.64 Å². The van der Waals surface area contributed by atoms with Crippen molar-refractivity contribution in [1.29, 1.82) is 0 Å². The van der Waals surface area contributed by atoms with Gasteiger partial charge in [0, 0.05) is 26.2 Å². The summed E-state index contributed by atoms with van der Waals surface area (Å²) in [5.74, 6) is 0.903. The second-order valence-corrected chi connectivity index (χ2v) is 6.92.